The highest BCUT2D eigenvalue weighted by atomic mass is 16.2. The molecule has 0 aromatic heterocycles. The van der Waals surface area contributed by atoms with E-state index >= 15 is 0 Å². The quantitative estimate of drug-likeness (QED) is 0.591. The Morgan fingerprint density at radius 2 is 2.00 bits per heavy atom. The number of amides is 1. The highest BCUT2D eigenvalue weighted by Gasteiger charge is 2.16. The van der Waals surface area contributed by atoms with Crippen LogP contribution < -0.4 is 11.1 Å². The van der Waals surface area contributed by atoms with Gasteiger partial charge in [-0.15, -0.1) is 0 Å². The summed E-state index contributed by atoms with van der Waals surface area (Å²) >= 11 is 0. The van der Waals surface area contributed by atoms with Crippen LogP contribution in [0.4, 0.5) is 0 Å². The lowest BCUT2D eigenvalue weighted by Gasteiger charge is -2.15. The second kappa shape index (κ2) is 7.50. The van der Waals surface area contributed by atoms with Gasteiger partial charge in [0.25, 0.3) is 0 Å². The first-order valence-corrected chi connectivity index (χ1v) is 5.11. The van der Waals surface area contributed by atoms with Crippen molar-refractivity contribution in [2.45, 2.75) is 45.6 Å². The second-order valence-electron chi connectivity index (χ2n) is 3.36. The number of ketones is 1. The van der Waals surface area contributed by atoms with Crippen LogP contribution in [0.2, 0.25) is 0 Å². The Morgan fingerprint density at radius 3 is 2.43 bits per heavy atom. The maximum Gasteiger partial charge on any atom is 0.217 e. The summed E-state index contributed by atoms with van der Waals surface area (Å²) in [6.45, 7) is 3.87. The van der Waals surface area contributed by atoms with Gasteiger partial charge < -0.3 is 11.1 Å². The summed E-state index contributed by atoms with van der Waals surface area (Å²) in [4.78, 5) is 22.2. The summed E-state index contributed by atoms with van der Waals surface area (Å²) in [6, 6.07) is -0.316. The molecule has 1 amide bonds. The molecule has 82 valence electrons. The Labute approximate surface area is 85.2 Å². The van der Waals surface area contributed by atoms with Crippen molar-refractivity contribution in [2.24, 2.45) is 5.73 Å². The van der Waals surface area contributed by atoms with E-state index in [-0.39, 0.29) is 17.7 Å². The number of carbonyl (C=O) groups excluding carboxylic acids is 2. The van der Waals surface area contributed by atoms with E-state index in [0.717, 1.165) is 12.8 Å². The lowest BCUT2D eigenvalue weighted by molar-refractivity contribution is -0.126. The molecule has 0 bridgehead atoms. The van der Waals surface area contributed by atoms with Crippen LogP contribution in [0.25, 0.3) is 0 Å². The SMILES string of the molecule is CCC(=O)[C@H](CCCCN)NC(C)=O. The summed E-state index contributed by atoms with van der Waals surface area (Å²) < 4.78 is 0. The monoisotopic (exact) mass is 200 g/mol. The van der Waals surface area contributed by atoms with Crippen LogP contribution in [0.1, 0.15) is 39.5 Å². The van der Waals surface area contributed by atoms with Gasteiger partial charge in [-0.25, -0.2) is 0 Å². The zero-order chi connectivity index (χ0) is 11.0. The van der Waals surface area contributed by atoms with Crippen LogP contribution in [-0.4, -0.2) is 24.3 Å². The van der Waals surface area contributed by atoms with E-state index < -0.39 is 0 Å². The molecule has 0 saturated heterocycles. The van der Waals surface area contributed by atoms with E-state index in [4.69, 9.17) is 5.73 Å². The molecule has 0 radical (unpaired) electrons. The van der Waals surface area contributed by atoms with Gasteiger partial charge in [-0.3, -0.25) is 9.59 Å². The van der Waals surface area contributed by atoms with Gasteiger partial charge >= 0.3 is 0 Å². The average Bonchev–Trinajstić information content (AvgIpc) is 2.15. The Morgan fingerprint density at radius 1 is 1.36 bits per heavy atom. The van der Waals surface area contributed by atoms with Crippen molar-refractivity contribution in [2.75, 3.05) is 6.54 Å². The predicted octanol–water partition coefficient (Wildman–Crippen LogP) is 0.599. The second-order valence-corrected chi connectivity index (χ2v) is 3.36. The van der Waals surface area contributed by atoms with Crippen molar-refractivity contribution in [3.05, 3.63) is 0 Å². The molecule has 4 heteroatoms. The highest BCUT2D eigenvalue weighted by Crippen LogP contribution is 2.03. The molecule has 0 saturated carbocycles. The van der Waals surface area contributed by atoms with Crippen LogP contribution in [0, 0.1) is 0 Å². The fourth-order valence-electron chi connectivity index (χ4n) is 1.30. The zero-order valence-electron chi connectivity index (χ0n) is 9.01. The van der Waals surface area contributed by atoms with Gasteiger partial charge in [0.1, 0.15) is 0 Å². The number of nitrogens with two attached hydrogens (primary N) is 1. The first kappa shape index (κ1) is 13.1. The van der Waals surface area contributed by atoms with Gasteiger partial charge in [-0.1, -0.05) is 6.92 Å². The van der Waals surface area contributed by atoms with Crippen molar-refractivity contribution in [3.63, 3.8) is 0 Å². The first-order valence-electron chi connectivity index (χ1n) is 5.11. The van der Waals surface area contributed by atoms with Crippen LogP contribution in [0.15, 0.2) is 0 Å². The van der Waals surface area contributed by atoms with Crippen molar-refractivity contribution in [3.8, 4) is 0 Å². The van der Waals surface area contributed by atoms with Gasteiger partial charge in [-0.05, 0) is 25.8 Å². The molecule has 0 aliphatic rings. The lowest BCUT2D eigenvalue weighted by Crippen LogP contribution is -2.39. The van der Waals surface area contributed by atoms with Crippen molar-refractivity contribution >= 4 is 11.7 Å². The maximum absolute atomic E-state index is 11.4. The standard InChI is InChI=1S/C10H20N2O2/c1-3-10(14)9(12-8(2)13)6-4-5-7-11/h9H,3-7,11H2,1-2H3,(H,12,13)/t9-/m0/s1. The van der Waals surface area contributed by atoms with Gasteiger partial charge in [0, 0.05) is 13.3 Å². The number of nitrogens with one attached hydrogen (secondary N) is 1. The van der Waals surface area contributed by atoms with Gasteiger partial charge in [-0.2, -0.15) is 0 Å². The molecule has 0 spiro atoms. The molecule has 0 heterocycles. The number of rotatable bonds is 7. The summed E-state index contributed by atoms with van der Waals surface area (Å²) in [7, 11) is 0. The largest absolute Gasteiger partial charge is 0.347 e. The number of Topliss-reactive ketones (excluding diaryl/α,β-unsaturated/α-hetero) is 1. The fourth-order valence-corrected chi connectivity index (χ4v) is 1.30. The van der Waals surface area contributed by atoms with E-state index in [0.29, 0.717) is 19.4 Å². The van der Waals surface area contributed by atoms with E-state index in [2.05, 4.69) is 5.32 Å². The normalized spacial score (nSPS) is 12.2. The minimum absolute atomic E-state index is 0.0946. The number of hydrogen-bond acceptors (Lipinski definition) is 3. The summed E-state index contributed by atoms with van der Waals surface area (Å²) in [5, 5.41) is 2.66. The lowest BCUT2D eigenvalue weighted by atomic mass is 10.0. The predicted molar refractivity (Wildman–Crippen MR) is 55.8 cm³/mol. The average molecular weight is 200 g/mol. The van der Waals surface area contributed by atoms with E-state index in [1.807, 2.05) is 0 Å². The number of unbranched alkanes of at least 4 members (excludes halogenated alkanes) is 1. The number of carbonyl (C=O) groups is 2. The molecular weight excluding hydrogens is 180 g/mol. The number of hydrogen-bond donors (Lipinski definition) is 2. The molecule has 0 unspecified atom stereocenters. The topological polar surface area (TPSA) is 72.2 Å². The summed E-state index contributed by atoms with van der Waals surface area (Å²) in [5.74, 6) is -0.0539. The molecule has 1 atom stereocenters. The van der Waals surface area contributed by atoms with Crippen molar-refractivity contribution in [1.82, 2.24) is 5.32 Å². The molecule has 0 fully saturated rings. The fraction of sp³-hybridized carbons (Fsp3) is 0.800. The van der Waals surface area contributed by atoms with Gasteiger partial charge in [0.15, 0.2) is 5.78 Å². The van der Waals surface area contributed by atoms with E-state index in [9.17, 15) is 9.59 Å². The third-order valence-electron chi connectivity index (χ3n) is 2.06. The molecule has 0 aromatic rings. The van der Waals surface area contributed by atoms with Crippen LogP contribution in [0.5, 0.6) is 0 Å². The molecular formula is C10H20N2O2. The molecule has 0 rings (SSSR count). The minimum Gasteiger partial charge on any atom is -0.347 e. The summed E-state index contributed by atoms with van der Waals surface area (Å²) in [6.07, 6.45) is 2.94. The first-order chi connectivity index (χ1) is 6.61. The molecule has 4 nitrogen and oxygen atoms in total. The van der Waals surface area contributed by atoms with Gasteiger partial charge in [0.05, 0.1) is 6.04 Å². The van der Waals surface area contributed by atoms with E-state index in [1.54, 1.807) is 6.92 Å². The van der Waals surface area contributed by atoms with Gasteiger partial charge in [0.2, 0.25) is 5.91 Å². The highest BCUT2D eigenvalue weighted by molar-refractivity contribution is 5.88. The van der Waals surface area contributed by atoms with Crippen molar-refractivity contribution < 1.29 is 9.59 Å². The smallest absolute Gasteiger partial charge is 0.217 e. The Hall–Kier alpha value is -0.900. The minimum atomic E-state index is -0.316. The molecule has 0 aliphatic carbocycles. The van der Waals surface area contributed by atoms with E-state index in [1.165, 1.54) is 6.92 Å². The van der Waals surface area contributed by atoms with Crippen LogP contribution in [-0.2, 0) is 9.59 Å². The Bertz CT molecular complexity index is 193. The zero-order valence-corrected chi connectivity index (χ0v) is 9.01. The van der Waals surface area contributed by atoms with Crippen molar-refractivity contribution in [1.29, 1.82) is 0 Å². The van der Waals surface area contributed by atoms with Crippen LogP contribution in [0.3, 0.4) is 0 Å². The third kappa shape index (κ3) is 5.70. The third-order valence-corrected chi connectivity index (χ3v) is 2.06. The van der Waals surface area contributed by atoms with Crippen LogP contribution >= 0.6 is 0 Å². The summed E-state index contributed by atoms with van der Waals surface area (Å²) in [5.41, 5.74) is 5.35. The Balaban J connectivity index is 3.97. The molecule has 0 aliphatic heterocycles. The Kier molecular flexibility index (Phi) is 7.02. The molecule has 14 heavy (non-hydrogen) atoms. The maximum atomic E-state index is 11.4. The molecule has 3 N–H and O–H groups in total. The molecule has 0 aromatic carbocycles.